The Hall–Kier alpha value is -3.20. The van der Waals surface area contributed by atoms with Gasteiger partial charge in [0.15, 0.2) is 0 Å². The van der Waals surface area contributed by atoms with Gasteiger partial charge >= 0.3 is 23.9 Å². The lowest BCUT2D eigenvalue weighted by molar-refractivity contribution is -0.146. The molecule has 0 amide bonds. The summed E-state index contributed by atoms with van der Waals surface area (Å²) in [4.78, 5) is 47.8. The van der Waals surface area contributed by atoms with Crippen LogP contribution in [0.4, 0.5) is 0 Å². The van der Waals surface area contributed by atoms with Gasteiger partial charge in [-0.1, -0.05) is 12.2 Å². The molecule has 9 nitrogen and oxygen atoms in total. The lowest BCUT2D eigenvalue weighted by atomic mass is 9.89. The zero-order valence-electron chi connectivity index (χ0n) is 18.9. The van der Waals surface area contributed by atoms with Gasteiger partial charge in [-0.25, -0.2) is 9.59 Å². The SMILES string of the molecule is C=C(C)C(=O)OC1CC(C)=CC(OC(C)=O)CC(C)(O)C=C2OC(=O)C(COC(C)=O)=C21. The zero-order chi connectivity index (χ0) is 24.2. The van der Waals surface area contributed by atoms with Gasteiger partial charge in [-0.15, -0.1) is 0 Å². The van der Waals surface area contributed by atoms with Crippen molar-refractivity contribution in [1.82, 2.24) is 0 Å². The standard InChI is InChI=1S/C23H28O9/c1-12(2)21(26)31-18-8-13(3)7-16(30-15(5)25)9-23(6,28)10-19-20(18)17(22(27)32-19)11-29-14(4)24/h7,10,16,18,28H,1,8-9,11H2,2-6H3. The molecule has 9 heteroatoms. The first-order valence-corrected chi connectivity index (χ1v) is 10.0. The highest BCUT2D eigenvalue weighted by molar-refractivity contribution is 5.96. The van der Waals surface area contributed by atoms with E-state index in [1.807, 2.05) is 0 Å². The maximum Gasteiger partial charge on any atom is 0.343 e. The van der Waals surface area contributed by atoms with Crippen LogP contribution in [-0.4, -0.2) is 53.4 Å². The maximum absolute atomic E-state index is 12.6. The fraction of sp³-hybridized carbons (Fsp3) is 0.478. The second-order valence-corrected chi connectivity index (χ2v) is 8.17. The molecular weight excluding hydrogens is 420 g/mol. The van der Waals surface area contributed by atoms with Gasteiger partial charge in [-0.2, -0.15) is 0 Å². The number of aliphatic hydroxyl groups is 1. The Balaban J connectivity index is 2.64. The summed E-state index contributed by atoms with van der Waals surface area (Å²) in [5.74, 6) is -2.62. The van der Waals surface area contributed by atoms with Crippen LogP contribution in [0.1, 0.15) is 47.5 Å². The summed E-state index contributed by atoms with van der Waals surface area (Å²) in [7, 11) is 0. The number of esters is 4. The summed E-state index contributed by atoms with van der Waals surface area (Å²) < 4.78 is 21.3. The third-order valence-electron chi connectivity index (χ3n) is 4.73. The molecule has 1 aliphatic carbocycles. The van der Waals surface area contributed by atoms with E-state index in [-0.39, 0.29) is 41.9 Å². The Labute approximate surface area is 186 Å². The van der Waals surface area contributed by atoms with Gasteiger partial charge in [0, 0.05) is 37.8 Å². The molecule has 1 aliphatic heterocycles. The molecule has 0 saturated heterocycles. The van der Waals surface area contributed by atoms with Crippen LogP contribution in [0, 0.1) is 0 Å². The van der Waals surface area contributed by atoms with Crippen LogP contribution in [0.25, 0.3) is 0 Å². The molecule has 1 heterocycles. The Morgan fingerprint density at radius 1 is 1.22 bits per heavy atom. The van der Waals surface area contributed by atoms with Crippen molar-refractivity contribution in [3.05, 3.63) is 46.8 Å². The van der Waals surface area contributed by atoms with Crippen molar-refractivity contribution in [3.63, 3.8) is 0 Å². The molecule has 0 bridgehead atoms. The summed E-state index contributed by atoms with van der Waals surface area (Å²) in [6, 6.07) is 0. The fourth-order valence-corrected chi connectivity index (χ4v) is 3.45. The van der Waals surface area contributed by atoms with Gasteiger partial charge in [0.25, 0.3) is 0 Å². The topological polar surface area (TPSA) is 125 Å². The highest BCUT2D eigenvalue weighted by atomic mass is 16.6. The highest BCUT2D eigenvalue weighted by Crippen LogP contribution is 2.37. The second-order valence-electron chi connectivity index (χ2n) is 8.17. The van der Waals surface area contributed by atoms with E-state index in [4.69, 9.17) is 18.9 Å². The van der Waals surface area contributed by atoms with Crippen LogP contribution in [0.15, 0.2) is 46.8 Å². The fourth-order valence-electron chi connectivity index (χ4n) is 3.45. The van der Waals surface area contributed by atoms with Gasteiger partial charge in [-0.3, -0.25) is 9.59 Å². The van der Waals surface area contributed by atoms with Crippen molar-refractivity contribution in [1.29, 1.82) is 0 Å². The van der Waals surface area contributed by atoms with Gasteiger partial charge in [0.1, 0.15) is 24.6 Å². The van der Waals surface area contributed by atoms with E-state index in [1.165, 1.54) is 33.8 Å². The predicted octanol–water partition coefficient (Wildman–Crippen LogP) is 2.20. The Morgan fingerprint density at radius 2 is 1.88 bits per heavy atom. The van der Waals surface area contributed by atoms with Crippen molar-refractivity contribution >= 4 is 23.9 Å². The predicted molar refractivity (Wildman–Crippen MR) is 112 cm³/mol. The van der Waals surface area contributed by atoms with E-state index in [1.54, 1.807) is 13.0 Å². The number of hydrogen-bond acceptors (Lipinski definition) is 9. The van der Waals surface area contributed by atoms with Crippen molar-refractivity contribution in [2.45, 2.75) is 65.3 Å². The summed E-state index contributed by atoms with van der Waals surface area (Å²) in [6.07, 6.45) is 1.30. The number of carbonyl (C=O) groups is 4. The van der Waals surface area contributed by atoms with Crippen molar-refractivity contribution in [2.24, 2.45) is 0 Å². The van der Waals surface area contributed by atoms with Gasteiger partial charge in [-0.05, 0) is 32.9 Å². The molecule has 0 saturated carbocycles. The number of carbonyl (C=O) groups excluding carboxylic acids is 4. The third kappa shape index (κ3) is 6.65. The molecule has 0 aromatic carbocycles. The molecule has 2 aliphatic rings. The number of rotatable bonds is 5. The first-order chi connectivity index (χ1) is 14.8. The summed E-state index contributed by atoms with van der Waals surface area (Å²) in [5, 5.41) is 10.9. The smallest absolute Gasteiger partial charge is 0.343 e. The van der Waals surface area contributed by atoms with Crippen LogP contribution in [0.5, 0.6) is 0 Å². The molecule has 0 aromatic heterocycles. The van der Waals surface area contributed by atoms with E-state index in [2.05, 4.69) is 6.58 Å². The number of fused-ring (bicyclic) bond motifs is 1. The Morgan fingerprint density at radius 3 is 2.44 bits per heavy atom. The molecule has 3 unspecified atom stereocenters. The van der Waals surface area contributed by atoms with Crippen LogP contribution < -0.4 is 0 Å². The van der Waals surface area contributed by atoms with E-state index >= 15 is 0 Å². The highest BCUT2D eigenvalue weighted by Gasteiger charge is 2.40. The quantitative estimate of drug-likeness (QED) is 0.291. The Kier molecular flexibility index (Phi) is 7.79. The van der Waals surface area contributed by atoms with Crippen molar-refractivity contribution < 1.29 is 43.2 Å². The maximum atomic E-state index is 12.6. The minimum Gasteiger partial charge on any atom is -0.461 e. The summed E-state index contributed by atoms with van der Waals surface area (Å²) in [6.45, 7) is 10.3. The largest absolute Gasteiger partial charge is 0.461 e. The average Bonchev–Trinajstić information content (AvgIpc) is 2.91. The summed E-state index contributed by atoms with van der Waals surface area (Å²) in [5.41, 5.74) is -0.538. The molecule has 0 aromatic rings. The molecule has 1 N–H and O–H groups in total. The van der Waals surface area contributed by atoms with Crippen LogP contribution in [0.3, 0.4) is 0 Å². The molecule has 2 rings (SSSR count). The molecule has 0 spiro atoms. The van der Waals surface area contributed by atoms with Crippen molar-refractivity contribution in [2.75, 3.05) is 6.61 Å². The molecular formula is C23H28O9. The van der Waals surface area contributed by atoms with Crippen LogP contribution in [0.2, 0.25) is 0 Å². The zero-order valence-corrected chi connectivity index (χ0v) is 18.9. The normalized spacial score (nSPS) is 25.6. The van der Waals surface area contributed by atoms with E-state index in [9.17, 15) is 24.3 Å². The van der Waals surface area contributed by atoms with Gasteiger partial charge < -0.3 is 24.1 Å². The second kappa shape index (κ2) is 9.95. The monoisotopic (exact) mass is 448 g/mol. The number of ether oxygens (including phenoxy) is 4. The minimum atomic E-state index is -1.56. The third-order valence-corrected chi connectivity index (χ3v) is 4.73. The number of hydrogen-bond donors (Lipinski definition) is 1. The molecule has 0 fully saturated rings. The molecule has 32 heavy (non-hydrogen) atoms. The average molecular weight is 448 g/mol. The molecule has 3 atom stereocenters. The lowest BCUT2D eigenvalue weighted by Gasteiger charge is -2.28. The molecule has 174 valence electrons. The van der Waals surface area contributed by atoms with Crippen LogP contribution >= 0.6 is 0 Å². The first kappa shape index (κ1) is 25.1. The molecule has 0 radical (unpaired) electrons. The minimum absolute atomic E-state index is 0.00618. The van der Waals surface area contributed by atoms with E-state index in [0.29, 0.717) is 5.57 Å². The van der Waals surface area contributed by atoms with E-state index in [0.717, 1.165) is 0 Å². The lowest BCUT2D eigenvalue weighted by Crippen LogP contribution is -2.32. The van der Waals surface area contributed by atoms with Gasteiger partial charge in [0.2, 0.25) is 0 Å². The summed E-state index contributed by atoms with van der Waals surface area (Å²) >= 11 is 0. The van der Waals surface area contributed by atoms with E-state index < -0.39 is 41.7 Å². The Bertz CT molecular complexity index is 933. The van der Waals surface area contributed by atoms with Crippen LogP contribution in [-0.2, 0) is 38.1 Å². The van der Waals surface area contributed by atoms with Crippen molar-refractivity contribution in [3.8, 4) is 0 Å². The first-order valence-electron chi connectivity index (χ1n) is 10.0. The van der Waals surface area contributed by atoms with Gasteiger partial charge in [0.05, 0.1) is 11.2 Å².